The summed E-state index contributed by atoms with van der Waals surface area (Å²) in [6, 6.07) is 15.8. The fraction of sp³-hybridized carbons (Fsp3) is 0.429. The number of nitriles is 1. The molecule has 1 aliphatic rings. The third-order valence-corrected chi connectivity index (χ3v) is 5.94. The smallest absolute Gasteiger partial charge is 0.115 e. The van der Waals surface area contributed by atoms with Crippen molar-refractivity contribution in [3.8, 4) is 17.3 Å². The molecule has 4 nitrogen and oxygen atoms in total. The Morgan fingerprint density at radius 3 is 2.65 bits per heavy atom. The van der Waals surface area contributed by atoms with E-state index in [1.807, 2.05) is 42.5 Å². The molecule has 0 spiro atoms. The highest BCUT2D eigenvalue weighted by Crippen LogP contribution is 2.26. The van der Waals surface area contributed by atoms with E-state index in [0.29, 0.717) is 22.9 Å². The van der Waals surface area contributed by atoms with Gasteiger partial charge in [0.25, 0.3) is 0 Å². The minimum Gasteiger partial charge on any atom is -0.391 e. The first kappa shape index (κ1) is 18.9. The lowest BCUT2D eigenvalue weighted by Crippen LogP contribution is -2.39. The van der Waals surface area contributed by atoms with Crippen molar-refractivity contribution in [1.82, 2.24) is 9.88 Å². The topological polar surface area (TPSA) is 60.1 Å². The molecule has 0 amide bonds. The maximum absolute atomic E-state index is 10.4. The Labute approximate surface area is 159 Å². The number of pyridine rings is 1. The van der Waals surface area contributed by atoms with Crippen LogP contribution in [0.1, 0.15) is 25.3 Å². The Morgan fingerprint density at radius 1 is 1.23 bits per heavy atom. The van der Waals surface area contributed by atoms with Gasteiger partial charge in [-0.25, -0.2) is 4.98 Å². The average Bonchev–Trinajstić information content (AvgIpc) is 2.68. The highest BCUT2D eigenvalue weighted by molar-refractivity contribution is 7.99. The van der Waals surface area contributed by atoms with Crippen LogP contribution < -0.4 is 0 Å². The van der Waals surface area contributed by atoms with Crippen LogP contribution in [0, 0.1) is 17.2 Å². The summed E-state index contributed by atoms with van der Waals surface area (Å²) in [5.74, 6) is 1.34. The second-order valence-corrected chi connectivity index (χ2v) is 7.98. The number of likely N-dealkylation sites (tertiary alicyclic amines) is 1. The van der Waals surface area contributed by atoms with E-state index in [0.717, 1.165) is 30.3 Å². The number of aromatic nitrogens is 1. The quantitative estimate of drug-likeness (QED) is 0.787. The molecule has 3 rings (SSSR count). The van der Waals surface area contributed by atoms with Crippen LogP contribution in [0.3, 0.4) is 0 Å². The number of thioether (sulfide) groups is 1. The number of benzene rings is 1. The molecule has 1 N–H and O–H groups in total. The first-order chi connectivity index (χ1) is 12.7. The fourth-order valence-corrected chi connectivity index (χ4v) is 4.06. The van der Waals surface area contributed by atoms with E-state index in [9.17, 15) is 10.4 Å². The van der Waals surface area contributed by atoms with Gasteiger partial charge in [-0.3, -0.25) is 0 Å². The Kier molecular flexibility index (Phi) is 6.67. The molecule has 0 saturated carbocycles. The third kappa shape index (κ3) is 5.07. The number of aliphatic hydroxyl groups is 1. The van der Waals surface area contributed by atoms with Crippen molar-refractivity contribution in [2.24, 2.45) is 5.92 Å². The van der Waals surface area contributed by atoms with Gasteiger partial charge in [-0.05, 0) is 44.0 Å². The van der Waals surface area contributed by atoms with Crippen LogP contribution in [-0.4, -0.2) is 46.5 Å². The lowest BCUT2D eigenvalue weighted by atomic mass is 9.99. The number of β-amino-alcohol motifs (C(OH)–C–C–N with tert-alkyl or cyclic N) is 1. The predicted molar refractivity (Wildman–Crippen MR) is 106 cm³/mol. The number of piperidine rings is 1. The summed E-state index contributed by atoms with van der Waals surface area (Å²) in [4.78, 5) is 7.00. The summed E-state index contributed by atoms with van der Waals surface area (Å²) >= 11 is 1.47. The minimum atomic E-state index is -0.415. The van der Waals surface area contributed by atoms with Crippen LogP contribution in [0.5, 0.6) is 0 Å². The van der Waals surface area contributed by atoms with Crippen molar-refractivity contribution in [3.05, 3.63) is 48.0 Å². The second-order valence-electron chi connectivity index (χ2n) is 6.97. The highest BCUT2D eigenvalue weighted by atomic mass is 32.2. The van der Waals surface area contributed by atoms with Gasteiger partial charge in [-0.15, -0.1) is 11.8 Å². The first-order valence-electron chi connectivity index (χ1n) is 9.15. The van der Waals surface area contributed by atoms with E-state index in [1.165, 1.54) is 24.6 Å². The van der Waals surface area contributed by atoms with Crippen molar-refractivity contribution in [2.45, 2.75) is 30.9 Å². The van der Waals surface area contributed by atoms with Gasteiger partial charge in [0.15, 0.2) is 0 Å². The molecule has 26 heavy (non-hydrogen) atoms. The van der Waals surface area contributed by atoms with Crippen LogP contribution in [0.2, 0.25) is 0 Å². The zero-order chi connectivity index (χ0) is 18.4. The summed E-state index contributed by atoms with van der Waals surface area (Å²) in [7, 11) is 0. The molecule has 0 radical (unpaired) electrons. The summed E-state index contributed by atoms with van der Waals surface area (Å²) in [5.41, 5.74) is 2.45. The molecule has 1 aromatic carbocycles. The molecule has 1 aromatic heterocycles. The van der Waals surface area contributed by atoms with Crippen molar-refractivity contribution >= 4 is 11.8 Å². The van der Waals surface area contributed by atoms with E-state index < -0.39 is 6.10 Å². The molecule has 1 unspecified atom stereocenters. The van der Waals surface area contributed by atoms with E-state index in [1.54, 1.807) is 0 Å². The number of aliphatic hydroxyl groups excluding tert-OH is 1. The van der Waals surface area contributed by atoms with E-state index >= 15 is 0 Å². The largest absolute Gasteiger partial charge is 0.391 e. The monoisotopic (exact) mass is 367 g/mol. The van der Waals surface area contributed by atoms with E-state index in [2.05, 4.69) is 22.9 Å². The lowest BCUT2D eigenvalue weighted by molar-refractivity contribution is 0.105. The van der Waals surface area contributed by atoms with Crippen LogP contribution in [-0.2, 0) is 0 Å². The molecule has 0 bridgehead atoms. The molecule has 2 heterocycles. The van der Waals surface area contributed by atoms with Gasteiger partial charge in [0.1, 0.15) is 11.1 Å². The molecular weight excluding hydrogens is 342 g/mol. The number of nitrogens with zero attached hydrogens (tertiary/aromatic N) is 3. The average molecular weight is 368 g/mol. The van der Waals surface area contributed by atoms with Gasteiger partial charge in [-0.1, -0.05) is 37.3 Å². The molecule has 1 atom stereocenters. The van der Waals surface area contributed by atoms with Gasteiger partial charge in [0.2, 0.25) is 0 Å². The van der Waals surface area contributed by atoms with Gasteiger partial charge in [0, 0.05) is 17.9 Å². The predicted octanol–water partition coefficient (Wildman–Crippen LogP) is 3.81. The molecule has 5 heteroatoms. The standard InChI is InChI=1S/C21H25N3OS/c1-16-9-11-24(12-10-16)14-19(25)15-26-21-18(13-22)7-8-20(23-21)17-5-3-2-4-6-17/h2-8,16,19,25H,9-12,14-15H2,1H3. The highest BCUT2D eigenvalue weighted by Gasteiger charge is 2.19. The summed E-state index contributed by atoms with van der Waals surface area (Å²) in [6.07, 6.45) is 2.00. The van der Waals surface area contributed by atoms with Crippen molar-refractivity contribution in [1.29, 1.82) is 5.26 Å². The van der Waals surface area contributed by atoms with Gasteiger partial charge in [-0.2, -0.15) is 5.26 Å². The van der Waals surface area contributed by atoms with Crippen molar-refractivity contribution in [2.75, 3.05) is 25.4 Å². The zero-order valence-electron chi connectivity index (χ0n) is 15.1. The van der Waals surface area contributed by atoms with Gasteiger partial charge in [0.05, 0.1) is 17.4 Å². The maximum Gasteiger partial charge on any atom is 0.115 e. The Bertz CT molecular complexity index is 752. The number of hydrogen-bond donors (Lipinski definition) is 1. The maximum atomic E-state index is 10.4. The summed E-state index contributed by atoms with van der Waals surface area (Å²) in [5, 5.41) is 20.5. The molecule has 1 aliphatic heterocycles. The molecule has 1 saturated heterocycles. The first-order valence-corrected chi connectivity index (χ1v) is 10.1. The fourth-order valence-electron chi connectivity index (χ4n) is 3.18. The molecule has 0 aliphatic carbocycles. The molecule has 2 aromatic rings. The second kappa shape index (κ2) is 9.18. The molecular formula is C21H25N3OS. The minimum absolute atomic E-state index is 0.415. The molecule has 136 valence electrons. The number of rotatable bonds is 6. The van der Waals surface area contributed by atoms with E-state index in [-0.39, 0.29) is 0 Å². The van der Waals surface area contributed by atoms with Crippen molar-refractivity contribution < 1.29 is 5.11 Å². The Balaban J connectivity index is 1.62. The van der Waals surface area contributed by atoms with Crippen LogP contribution >= 0.6 is 11.8 Å². The SMILES string of the molecule is CC1CCN(CC(O)CSc2nc(-c3ccccc3)ccc2C#N)CC1. The lowest BCUT2D eigenvalue weighted by Gasteiger charge is -2.31. The normalized spacial score (nSPS) is 17.0. The molecule has 1 fully saturated rings. The van der Waals surface area contributed by atoms with Crippen LogP contribution in [0.25, 0.3) is 11.3 Å². The third-order valence-electron chi connectivity index (χ3n) is 4.81. The number of hydrogen-bond acceptors (Lipinski definition) is 5. The van der Waals surface area contributed by atoms with Crippen molar-refractivity contribution in [3.63, 3.8) is 0 Å². The summed E-state index contributed by atoms with van der Waals surface area (Å²) in [6.45, 7) is 5.11. The summed E-state index contributed by atoms with van der Waals surface area (Å²) < 4.78 is 0. The van der Waals surface area contributed by atoms with E-state index in [4.69, 9.17) is 0 Å². The van der Waals surface area contributed by atoms with Gasteiger partial charge < -0.3 is 10.0 Å². The van der Waals surface area contributed by atoms with Gasteiger partial charge >= 0.3 is 0 Å². The zero-order valence-corrected chi connectivity index (χ0v) is 16.0. The Hall–Kier alpha value is -1.87. The Morgan fingerprint density at radius 2 is 1.96 bits per heavy atom. The van der Waals surface area contributed by atoms with Crippen LogP contribution in [0.15, 0.2) is 47.5 Å². The van der Waals surface area contributed by atoms with Crippen LogP contribution in [0.4, 0.5) is 0 Å².